The molecule has 0 bridgehead atoms. The van der Waals surface area contributed by atoms with Gasteiger partial charge in [0.05, 0.1) is 0 Å². The van der Waals surface area contributed by atoms with Crippen molar-refractivity contribution in [1.29, 1.82) is 0 Å². The van der Waals surface area contributed by atoms with Crippen LogP contribution in [-0.2, 0) is 0 Å². The Labute approximate surface area is 55.1 Å². The van der Waals surface area contributed by atoms with Crippen LogP contribution in [0.15, 0.2) is 17.0 Å². The van der Waals surface area contributed by atoms with E-state index in [0.717, 1.165) is 0 Å². The van der Waals surface area contributed by atoms with E-state index in [1.807, 2.05) is 0 Å². The average Bonchev–Trinajstić information content (AvgIpc) is 1.64. The van der Waals surface area contributed by atoms with Gasteiger partial charge in [-0.05, 0) is 22.0 Å². The standard InChI is InChI=1S/C4H4BrN3/c5-4-7-2-1-3(6)8-4/h1-2H,(H2,6,7,8). The van der Waals surface area contributed by atoms with Crippen LogP contribution in [0.2, 0.25) is 0 Å². The molecule has 4 heteroatoms. The minimum absolute atomic E-state index is 0.479. The Balaban J connectivity index is 3.08. The molecular weight excluding hydrogens is 170 g/mol. The zero-order chi connectivity index (χ0) is 5.98. The molecule has 0 aromatic carbocycles. The van der Waals surface area contributed by atoms with Gasteiger partial charge in [0, 0.05) is 6.20 Å². The third-order valence-corrected chi connectivity index (χ3v) is 1.03. The first-order valence-electron chi connectivity index (χ1n) is 2.03. The van der Waals surface area contributed by atoms with Crippen molar-refractivity contribution in [2.24, 2.45) is 0 Å². The molecule has 0 fully saturated rings. The third kappa shape index (κ3) is 1.16. The number of hydrogen-bond donors (Lipinski definition) is 1. The van der Waals surface area contributed by atoms with Gasteiger partial charge >= 0.3 is 0 Å². The molecule has 3 nitrogen and oxygen atoms in total. The molecular formula is C4H4BrN3. The number of halogens is 1. The van der Waals surface area contributed by atoms with Crippen molar-refractivity contribution >= 4 is 21.7 Å². The first kappa shape index (κ1) is 5.50. The molecule has 8 heavy (non-hydrogen) atoms. The lowest BCUT2D eigenvalue weighted by molar-refractivity contribution is 1.12. The van der Waals surface area contributed by atoms with Crippen LogP contribution in [0.4, 0.5) is 5.82 Å². The molecule has 1 heterocycles. The minimum Gasteiger partial charge on any atom is -0.384 e. The van der Waals surface area contributed by atoms with E-state index in [4.69, 9.17) is 5.73 Å². The summed E-state index contributed by atoms with van der Waals surface area (Å²) < 4.78 is 0.525. The molecule has 0 unspecified atom stereocenters. The van der Waals surface area contributed by atoms with Gasteiger partial charge in [-0.2, -0.15) is 0 Å². The summed E-state index contributed by atoms with van der Waals surface area (Å²) >= 11 is 3.06. The lowest BCUT2D eigenvalue weighted by atomic mass is 10.6. The zero-order valence-corrected chi connectivity index (χ0v) is 5.59. The summed E-state index contributed by atoms with van der Waals surface area (Å²) in [7, 11) is 0. The molecule has 0 saturated carbocycles. The number of nitrogen functional groups attached to an aromatic ring is 1. The Morgan fingerprint density at radius 1 is 1.62 bits per heavy atom. The highest BCUT2D eigenvalue weighted by Gasteiger charge is 1.86. The normalized spacial score (nSPS) is 9.12. The van der Waals surface area contributed by atoms with Gasteiger partial charge in [0.1, 0.15) is 5.82 Å². The second-order valence-electron chi connectivity index (χ2n) is 1.25. The third-order valence-electron chi connectivity index (χ3n) is 0.648. The smallest absolute Gasteiger partial charge is 0.198 e. The quantitative estimate of drug-likeness (QED) is 0.592. The lowest BCUT2D eigenvalue weighted by Crippen LogP contribution is -1.89. The van der Waals surface area contributed by atoms with Crippen LogP contribution >= 0.6 is 15.9 Å². The van der Waals surface area contributed by atoms with Crippen LogP contribution in [0.3, 0.4) is 0 Å². The molecule has 0 spiro atoms. The second kappa shape index (κ2) is 2.09. The summed E-state index contributed by atoms with van der Waals surface area (Å²) in [5.41, 5.74) is 5.28. The van der Waals surface area contributed by atoms with E-state index < -0.39 is 0 Å². The van der Waals surface area contributed by atoms with E-state index in [-0.39, 0.29) is 0 Å². The van der Waals surface area contributed by atoms with Crippen LogP contribution in [0.1, 0.15) is 0 Å². The van der Waals surface area contributed by atoms with Crippen molar-refractivity contribution in [3.05, 3.63) is 17.0 Å². The van der Waals surface area contributed by atoms with Gasteiger partial charge in [-0.25, -0.2) is 9.97 Å². The maximum Gasteiger partial charge on any atom is 0.198 e. The number of aromatic nitrogens is 2. The number of anilines is 1. The molecule has 42 valence electrons. The largest absolute Gasteiger partial charge is 0.384 e. The summed E-state index contributed by atoms with van der Waals surface area (Å²) in [6, 6.07) is 1.63. The van der Waals surface area contributed by atoms with Crippen LogP contribution in [-0.4, -0.2) is 9.97 Å². The highest BCUT2D eigenvalue weighted by molar-refractivity contribution is 9.10. The van der Waals surface area contributed by atoms with Crippen molar-refractivity contribution in [1.82, 2.24) is 9.97 Å². The number of hydrogen-bond acceptors (Lipinski definition) is 3. The maximum atomic E-state index is 5.28. The van der Waals surface area contributed by atoms with Gasteiger partial charge in [0.15, 0.2) is 4.73 Å². The van der Waals surface area contributed by atoms with Gasteiger partial charge in [-0.15, -0.1) is 0 Å². The average molecular weight is 174 g/mol. The minimum atomic E-state index is 0.479. The molecule has 1 aromatic rings. The highest BCUT2D eigenvalue weighted by atomic mass is 79.9. The van der Waals surface area contributed by atoms with Crippen LogP contribution in [0, 0.1) is 0 Å². The lowest BCUT2D eigenvalue weighted by Gasteiger charge is -1.87. The van der Waals surface area contributed by atoms with Gasteiger partial charge < -0.3 is 5.73 Å². The Morgan fingerprint density at radius 3 is 2.75 bits per heavy atom. The van der Waals surface area contributed by atoms with Gasteiger partial charge in [0.25, 0.3) is 0 Å². The fourth-order valence-corrected chi connectivity index (χ4v) is 0.671. The van der Waals surface area contributed by atoms with Gasteiger partial charge in [-0.3, -0.25) is 0 Å². The fourth-order valence-electron chi connectivity index (χ4n) is 0.348. The predicted octanol–water partition coefficient (Wildman–Crippen LogP) is 0.821. The molecule has 1 rings (SSSR count). The molecule has 2 N–H and O–H groups in total. The first-order chi connectivity index (χ1) is 3.79. The summed E-state index contributed by atoms with van der Waals surface area (Å²) in [5, 5.41) is 0. The first-order valence-corrected chi connectivity index (χ1v) is 2.82. The molecule has 0 aliphatic heterocycles. The van der Waals surface area contributed by atoms with Crippen molar-refractivity contribution in [2.45, 2.75) is 0 Å². The van der Waals surface area contributed by atoms with E-state index in [0.29, 0.717) is 10.6 Å². The SMILES string of the molecule is Nc1ccnc(Br)n1. The topological polar surface area (TPSA) is 51.8 Å². The van der Waals surface area contributed by atoms with Crippen LogP contribution < -0.4 is 5.73 Å². The number of rotatable bonds is 0. The van der Waals surface area contributed by atoms with Crippen molar-refractivity contribution in [3.8, 4) is 0 Å². The Morgan fingerprint density at radius 2 is 2.38 bits per heavy atom. The Kier molecular flexibility index (Phi) is 1.43. The monoisotopic (exact) mass is 173 g/mol. The van der Waals surface area contributed by atoms with Crippen molar-refractivity contribution in [2.75, 3.05) is 5.73 Å². The molecule has 0 saturated heterocycles. The molecule has 0 amide bonds. The Hall–Kier alpha value is -0.640. The van der Waals surface area contributed by atoms with E-state index in [1.54, 1.807) is 12.3 Å². The molecule has 1 aromatic heterocycles. The summed E-state index contributed by atoms with van der Waals surface area (Å²) in [6.07, 6.45) is 1.59. The van der Waals surface area contributed by atoms with Gasteiger partial charge in [0.2, 0.25) is 0 Å². The van der Waals surface area contributed by atoms with E-state index in [2.05, 4.69) is 25.9 Å². The summed E-state index contributed by atoms with van der Waals surface area (Å²) in [5.74, 6) is 0.479. The number of nitrogens with two attached hydrogens (primary N) is 1. The molecule has 0 radical (unpaired) electrons. The number of nitrogens with zero attached hydrogens (tertiary/aromatic N) is 2. The van der Waals surface area contributed by atoms with Crippen LogP contribution in [0.25, 0.3) is 0 Å². The predicted molar refractivity (Wildman–Crippen MR) is 34.1 cm³/mol. The van der Waals surface area contributed by atoms with Crippen molar-refractivity contribution < 1.29 is 0 Å². The van der Waals surface area contributed by atoms with Crippen LogP contribution in [0.5, 0.6) is 0 Å². The maximum absolute atomic E-state index is 5.28. The fraction of sp³-hybridized carbons (Fsp3) is 0. The van der Waals surface area contributed by atoms with Crippen molar-refractivity contribution in [3.63, 3.8) is 0 Å². The van der Waals surface area contributed by atoms with E-state index >= 15 is 0 Å². The molecule has 0 aliphatic rings. The summed E-state index contributed by atoms with van der Waals surface area (Å²) in [6.45, 7) is 0. The zero-order valence-electron chi connectivity index (χ0n) is 4.00. The summed E-state index contributed by atoms with van der Waals surface area (Å²) in [4.78, 5) is 7.52. The second-order valence-corrected chi connectivity index (χ2v) is 1.96. The highest BCUT2D eigenvalue weighted by Crippen LogP contribution is 2.01. The van der Waals surface area contributed by atoms with E-state index in [1.165, 1.54) is 0 Å². The Bertz CT molecular complexity index is 171. The molecule has 0 aliphatic carbocycles. The van der Waals surface area contributed by atoms with Gasteiger partial charge in [-0.1, -0.05) is 0 Å². The van der Waals surface area contributed by atoms with E-state index in [9.17, 15) is 0 Å². The molecule has 0 atom stereocenters.